The van der Waals surface area contributed by atoms with Gasteiger partial charge < -0.3 is 15.3 Å². The van der Waals surface area contributed by atoms with E-state index in [2.05, 4.69) is 49.3 Å². The van der Waals surface area contributed by atoms with Crippen LogP contribution in [0.15, 0.2) is 0 Å². The topological polar surface area (TPSA) is 121 Å². The molecule has 0 aromatic heterocycles. The average molecular weight is 432 g/mol. The Kier molecular flexibility index (Phi) is 14.3. The lowest BCUT2D eigenvalue weighted by Gasteiger charge is -1.95. The van der Waals surface area contributed by atoms with Crippen molar-refractivity contribution in [3.63, 3.8) is 0 Å². The van der Waals surface area contributed by atoms with Gasteiger partial charge in [0.15, 0.2) is 0 Å². The van der Waals surface area contributed by atoms with Crippen LogP contribution in [-0.2, 0) is 14.4 Å². The van der Waals surface area contributed by atoms with E-state index >= 15 is 0 Å². The smallest absolute Gasteiger partial charge is 0.304 e. The first-order chi connectivity index (χ1) is 14.0. The number of hydrogen-bond donors (Lipinski definition) is 3. The highest BCUT2D eigenvalue weighted by molar-refractivity contribution is 5.67. The van der Waals surface area contributed by atoms with E-state index in [0.717, 1.165) is 39.3 Å². The molecule has 6 atom stereocenters. The molecule has 9 nitrogen and oxygen atoms in total. The van der Waals surface area contributed by atoms with Crippen molar-refractivity contribution >= 4 is 17.9 Å². The maximum Gasteiger partial charge on any atom is 0.304 e. The third-order valence-corrected chi connectivity index (χ3v) is 4.80. The van der Waals surface area contributed by atoms with Crippen molar-refractivity contribution in [1.82, 2.24) is 14.7 Å². The highest BCUT2D eigenvalue weighted by atomic mass is 16.4. The molecule has 3 fully saturated rings. The number of aliphatic carboxylic acids is 3. The van der Waals surface area contributed by atoms with Gasteiger partial charge in [0.2, 0.25) is 0 Å². The van der Waals surface area contributed by atoms with Crippen LogP contribution >= 0.6 is 0 Å². The van der Waals surface area contributed by atoms with Crippen LogP contribution in [0.4, 0.5) is 0 Å². The molecule has 6 unspecified atom stereocenters. The highest BCUT2D eigenvalue weighted by Crippen LogP contribution is 2.16. The van der Waals surface area contributed by atoms with E-state index in [1.54, 1.807) is 0 Å². The molecule has 0 aromatic carbocycles. The summed E-state index contributed by atoms with van der Waals surface area (Å²) in [5.74, 6) is -2.10. The molecule has 0 radical (unpaired) electrons. The Labute approximate surface area is 180 Å². The molecule has 3 aliphatic heterocycles. The molecule has 0 aromatic rings. The van der Waals surface area contributed by atoms with Crippen LogP contribution in [0.5, 0.6) is 0 Å². The lowest BCUT2D eigenvalue weighted by atomic mass is 10.4. The zero-order valence-electron chi connectivity index (χ0n) is 19.2. The Bertz CT molecular complexity index is 460. The van der Waals surface area contributed by atoms with Crippen molar-refractivity contribution in [2.45, 2.75) is 78.4 Å². The van der Waals surface area contributed by atoms with Gasteiger partial charge >= 0.3 is 17.9 Å². The normalized spacial score (nSPS) is 29.5. The van der Waals surface area contributed by atoms with Crippen molar-refractivity contribution in [2.24, 2.45) is 0 Å². The van der Waals surface area contributed by atoms with E-state index in [9.17, 15) is 14.4 Å². The van der Waals surface area contributed by atoms with Gasteiger partial charge in [-0.05, 0) is 20.8 Å². The summed E-state index contributed by atoms with van der Waals surface area (Å²) in [4.78, 5) is 36.4. The summed E-state index contributed by atoms with van der Waals surface area (Å²) in [6.45, 7) is 15.9. The average Bonchev–Trinajstić information content (AvgIpc) is 3.57. The summed E-state index contributed by atoms with van der Waals surface area (Å²) < 4.78 is 0. The Morgan fingerprint density at radius 1 is 0.633 bits per heavy atom. The Hall–Kier alpha value is -1.71. The SMILES string of the molecule is CC1CN1CCC(=O)O.CC1CN1CCC(=O)O.CC1CN1CCC(=O)O.CCC. The van der Waals surface area contributed by atoms with Gasteiger partial charge in [0.05, 0.1) is 19.3 Å². The summed E-state index contributed by atoms with van der Waals surface area (Å²) in [6, 6.07) is 1.89. The minimum absolute atomic E-state index is 0.282. The van der Waals surface area contributed by atoms with Gasteiger partial charge in [0, 0.05) is 57.4 Å². The Balaban J connectivity index is 0.000000394. The fourth-order valence-corrected chi connectivity index (χ4v) is 2.53. The lowest BCUT2D eigenvalue weighted by Crippen LogP contribution is -2.07. The fraction of sp³-hybridized carbons (Fsp3) is 0.857. The van der Waals surface area contributed by atoms with Gasteiger partial charge in [-0.1, -0.05) is 20.3 Å². The maximum absolute atomic E-state index is 10.0. The molecule has 3 saturated heterocycles. The highest BCUT2D eigenvalue weighted by Gasteiger charge is 2.29. The molecule has 3 N–H and O–H groups in total. The summed E-state index contributed by atoms with van der Waals surface area (Å²) in [5.41, 5.74) is 0. The number of carbonyl (C=O) groups is 3. The number of hydrogen-bond acceptors (Lipinski definition) is 6. The molecule has 3 heterocycles. The first-order valence-corrected chi connectivity index (χ1v) is 10.9. The molecule has 0 bridgehead atoms. The van der Waals surface area contributed by atoms with Gasteiger partial charge in [-0.25, -0.2) is 0 Å². The lowest BCUT2D eigenvalue weighted by molar-refractivity contribution is -0.138. The van der Waals surface area contributed by atoms with Gasteiger partial charge in [0.25, 0.3) is 0 Å². The molecule has 0 spiro atoms. The molecule has 3 rings (SSSR count). The van der Waals surface area contributed by atoms with E-state index in [1.807, 2.05) is 0 Å². The summed E-state index contributed by atoms with van der Waals surface area (Å²) in [6.07, 6.45) is 2.10. The second-order valence-electron chi connectivity index (χ2n) is 8.17. The molecular weight excluding hydrogens is 390 g/mol. The van der Waals surface area contributed by atoms with Crippen molar-refractivity contribution < 1.29 is 29.7 Å². The van der Waals surface area contributed by atoms with Crippen LogP contribution in [0, 0.1) is 0 Å². The minimum Gasteiger partial charge on any atom is -0.481 e. The van der Waals surface area contributed by atoms with Crippen molar-refractivity contribution in [3.05, 3.63) is 0 Å². The van der Waals surface area contributed by atoms with E-state index in [0.29, 0.717) is 18.1 Å². The molecule has 30 heavy (non-hydrogen) atoms. The molecular formula is C21H41N3O6. The fourth-order valence-electron chi connectivity index (χ4n) is 2.53. The maximum atomic E-state index is 10.0. The van der Waals surface area contributed by atoms with Gasteiger partial charge in [-0.2, -0.15) is 0 Å². The molecule has 9 heteroatoms. The zero-order valence-corrected chi connectivity index (χ0v) is 19.2. The number of nitrogens with zero attached hydrogens (tertiary/aromatic N) is 3. The Morgan fingerprint density at radius 2 is 0.800 bits per heavy atom. The standard InChI is InChI=1S/3C6H11NO2.C3H8/c3*1-5-4-7(5)3-2-6(8)9;1-3-2/h3*5H,2-4H2,1H3,(H,8,9);3H2,1-2H3. The third-order valence-electron chi connectivity index (χ3n) is 4.80. The van der Waals surface area contributed by atoms with E-state index in [-0.39, 0.29) is 19.3 Å². The van der Waals surface area contributed by atoms with E-state index in [1.165, 1.54) is 6.42 Å². The van der Waals surface area contributed by atoms with Crippen molar-refractivity contribution in [1.29, 1.82) is 0 Å². The van der Waals surface area contributed by atoms with Crippen LogP contribution in [0.2, 0.25) is 0 Å². The van der Waals surface area contributed by atoms with Crippen LogP contribution in [-0.4, -0.2) is 105 Å². The van der Waals surface area contributed by atoms with Crippen LogP contribution < -0.4 is 0 Å². The predicted molar refractivity (Wildman–Crippen MR) is 116 cm³/mol. The summed E-state index contributed by atoms with van der Waals surface area (Å²) in [5, 5.41) is 24.7. The molecule has 0 aliphatic carbocycles. The first kappa shape index (κ1) is 28.3. The number of carboxylic acids is 3. The molecule has 0 amide bonds. The van der Waals surface area contributed by atoms with Gasteiger partial charge in [0.1, 0.15) is 0 Å². The predicted octanol–water partition coefficient (Wildman–Crippen LogP) is 1.91. The van der Waals surface area contributed by atoms with Crippen LogP contribution in [0.3, 0.4) is 0 Å². The monoisotopic (exact) mass is 431 g/mol. The molecule has 0 saturated carbocycles. The second kappa shape index (κ2) is 15.1. The largest absolute Gasteiger partial charge is 0.481 e. The van der Waals surface area contributed by atoms with E-state index in [4.69, 9.17) is 15.3 Å². The third kappa shape index (κ3) is 17.2. The zero-order chi connectivity index (χ0) is 23.3. The molecule has 3 aliphatic rings. The summed E-state index contributed by atoms with van der Waals surface area (Å²) >= 11 is 0. The van der Waals surface area contributed by atoms with Crippen molar-refractivity contribution in [3.8, 4) is 0 Å². The first-order valence-electron chi connectivity index (χ1n) is 10.9. The van der Waals surface area contributed by atoms with E-state index < -0.39 is 17.9 Å². The Morgan fingerprint density at radius 3 is 0.900 bits per heavy atom. The second-order valence-corrected chi connectivity index (χ2v) is 8.17. The van der Waals surface area contributed by atoms with Crippen LogP contribution in [0.25, 0.3) is 0 Å². The van der Waals surface area contributed by atoms with Crippen LogP contribution in [0.1, 0.15) is 60.3 Å². The van der Waals surface area contributed by atoms with Gasteiger partial charge in [-0.3, -0.25) is 29.1 Å². The molecule has 176 valence electrons. The number of carboxylic acid groups (broad SMARTS) is 3. The van der Waals surface area contributed by atoms with Crippen molar-refractivity contribution in [2.75, 3.05) is 39.3 Å². The minimum atomic E-state index is -0.700. The van der Waals surface area contributed by atoms with Gasteiger partial charge in [-0.15, -0.1) is 0 Å². The summed E-state index contributed by atoms with van der Waals surface area (Å²) in [7, 11) is 0. The quantitative estimate of drug-likeness (QED) is 0.470. The number of rotatable bonds is 9.